The molecule has 6 heteroatoms. The molecule has 1 aromatic rings. The fourth-order valence-corrected chi connectivity index (χ4v) is 2.79. The zero-order chi connectivity index (χ0) is 12.9. The number of ether oxygens (including phenoxy) is 1. The Morgan fingerprint density at radius 3 is 2.71 bits per heavy atom. The summed E-state index contributed by atoms with van der Waals surface area (Å²) in [6, 6.07) is 7.58. The first-order chi connectivity index (χ1) is 8.01. The number of sulfonamides is 1. The molecule has 0 aliphatic rings. The van der Waals surface area contributed by atoms with Crippen LogP contribution in [0.4, 0.5) is 0 Å². The van der Waals surface area contributed by atoms with E-state index in [1.807, 2.05) is 6.07 Å². The van der Waals surface area contributed by atoms with Crippen molar-refractivity contribution in [2.24, 2.45) is 0 Å². The smallest absolute Gasteiger partial charge is 0.242 e. The molecule has 0 amide bonds. The van der Waals surface area contributed by atoms with Gasteiger partial charge in [-0.3, -0.25) is 0 Å². The van der Waals surface area contributed by atoms with Crippen LogP contribution >= 0.6 is 0 Å². The van der Waals surface area contributed by atoms with Crippen molar-refractivity contribution in [1.29, 1.82) is 5.26 Å². The van der Waals surface area contributed by atoms with Crippen LogP contribution in [0.15, 0.2) is 29.2 Å². The Hall–Kier alpha value is -1.42. The maximum Gasteiger partial charge on any atom is 0.242 e. The summed E-state index contributed by atoms with van der Waals surface area (Å²) < 4.78 is 31.3. The monoisotopic (exact) mass is 254 g/mol. The summed E-state index contributed by atoms with van der Waals surface area (Å²) in [5.74, 6) is 0. The first-order valence-electron chi connectivity index (χ1n) is 5.01. The lowest BCUT2D eigenvalue weighted by Crippen LogP contribution is -2.35. The third-order valence-corrected chi connectivity index (χ3v) is 3.72. The van der Waals surface area contributed by atoms with Gasteiger partial charge in [-0.15, -0.1) is 0 Å². The standard InChI is InChI=1S/C11H14N2O3S/c1-9(8-16-2)13-17(14,15)11-6-4-3-5-10(11)7-12/h3-6,9,13H,8H2,1-2H3/t9-/m0/s1. The zero-order valence-electron chi connectivity index (χ0n) is 9.67. The van der Waals surface area contributed by atoms with E-state index in [4.69, 9.17) is 10.00 Å². The Morgan fingerprint density at radius 1 is 1.47 bits per heavy atom. The van der Waals surface area contributed by atoms with Crippen LogP contribution in [-0.4, -0.2) is 28.2 Å². The maximum atomic E-state index is 12.0. The second-order valence-corrected chi connectivity index (χ2v) is 5.27. The van der Waals surface area contributed by atoms with Gasteiger partial charge in [-0.05, 0) is 19.1 Å². The molecule has 0 aliphatic heterocycles. The van der Waals surface area contributed by atoms with Gasteiger partial charge in [-0.25, -0.2) is 13.1 Å². The van der Waals surface area contributed by atoms with Crippen LogP contribution in [0.1, 0.15) is 12.5 Å². The van der Waals surface area contributed by atoms with E-state index in [9.17, 15) is 8.42 Å². The number of nitriles is 1. The van der Waals surface area contributed by atoms with Gasteiger partial charge in [0.25, 0.3) is 0 Å². The summed E-state index contributed by atoms with van der Waals surface area (Å²) in [5, 5.41) is 8.85. The molecule has 1 atom stereocenters. The largest absolute Gasteiger partial charge is 0.383 e. The highest BCUT2D eigenvalue weighted by Gasteiger charge is 2.20. The Bertz CT molecular complexity index is 520. The first-order valence-corrected chi connectivity index (χ1v) is 6.50. The number of hydrogen-bond donors (Lipinski definition) is 1. The third kappa shape index (κ3) is 3.53. The summed E-state index contributed by atoms with van der Waals surface area (Å²) in [5.41, 5.74) is 0.129. The van der Waals surface area contributed by atoms with E-state index in [-0.39, 0.29) is 23.1 Å². The van der Waals surface area contributed by atoms with E-state index >= 15 is 0 Å². The molecule has 0 bridgehead atoms. The van der Waals surface area contributed by atoms with Gasteiger partial charge >= 0.3 is 0 Å². The lowest BCUT2D eigenvalue weighted by molar-refractivity contribution is 0.180. The van der Waals surface area contributed by atoms with Crippen molar-refractivity contribution in [3.63, 3.8) is 0 Å². The minimum absolute atomic E-state index is 0.00884. The van der Waals surface area contributed by atoms with Gasteiger partial charge in [0.1, 0.15) is 6.07 Å². The van der Waals surface area contributed by atoms with Gasteiger partial charge in [-0.2, -0.15) is 5.26 Å². The molecule has 0 saturated heterocycles. The average Bonchev–Trinajstić information content (AvgIpc) is 2.28. The Morgan fingerprint density at radius 2 is 2.12 bits per heavy atom. The van der Waals surface area contributed by atoms with E-state index < -0.39 is 10.0 Å². The predicted molar refractivity (Wildman–Crippen MR) is 62.8 cm³/mol. The number of nitrogens with one attached hydrogen (secondary N) is 1. The van der Waals surface area contributed by atoms with Gasteiger partial charge < -0.3 is 4.74 Å². The first kappa shape index (κ1) is 13.6. The molecule has 5 nitrogen and oxygen atoms in total. The van der Waals surface area contributed by atoms with Crippen LogP contribution in [0.3, 0.4) is 0 Å². The van der Waals surface area contributed by atoms with Crippen molar-refractivity contribution >= 4 is 10.0 Å². The number of methoxy groups -OCH3 is 1. The fourth-order valence-electron chi connectivity index (χ4n) is 1.41. The normalized spacial score (nSPS) is 13.0. The summed E-state index contributed by atoms with van der Waals surface area (Å²) in [4.78, 5) is -0.00884. The molecular formula is C11H14N2O3S. The zero-order valence-corrected chi connectivity index (χ0v) is 10.5. The molecular weight excluding hydrogens is 240 g/mol. The SMILES string of the molecule is COC[C@H](C)NS(=O)(=O)c1ccccc1C#N. The molecule has 92 valence electrons. The van der Waals surface area contributed by atoms with Crippen molar-refractivity contribution in [2.75, 3.05) is 13.7 Å². The molecule has 1 aromatic carbocycles. The summed E-state index contributed by atoms with van der Waals surface area (Å²) in [7, 11) is -2.18. The molecule has 0 aliphatic carbocycles. The van der Waals surface area contributed by atoms with E-state index in [1.54, 1.807) is 19.1 Å². The lowest BCUT2D eigenvalue weighted by Gasteiger charge is -2.13. The van der Waals surface area contributed by atoms with E-state index in [2.05, 4.69) is 4.72 Å². The highest BCUT2D eigenvalue weighted by atomic mass is 32.2. The predicted octanol–water partition coefficient (Wildman–Crippen LogP) is 0.871. The van der Waals surface area contributed by atoms with Gasteiger partial charge in [0.05, 0.1) is 17.1 Å². The van der Waals surface area contributed by atoms with Crippen LogP contribution < -0.4 is 4.72 Å². The van der Waals surface area contributed by atoms with Gasteiger partial charge in [0, 0.05) is 13.2 Å². The average molecular weight is 254 g/mol. The number of benzene rings is 1. The number of hydrogen-bond acceptors (Lipinski definition) is 4. The van der Waals surface area contributed by atoms with Crippen molar-refractivity contribution < 1.29 is 13.2 Å². The fraction of sp³-hybridized carbons (Fsp3) is 0.364. The molecule has 0 saturated carbocycles. The van der Waals surface area contributed by atoms with E-state index in [0.29, 0.717) is 0 Å². The van der Waals surface area contributed by atoms with Crippen molar-refractivity contribution in [3.05, 3.63) is 29.8 Å². The number of rotatable bonds is 5. The minimum atomic E-state index is -3.68. The van der Waals surface area contributed by atoms with Crippen LogP contribution in [0.25, 0.3) is 0 Å². The second kappa shape index (κ2) is 5.77. The second-order valence-electron chi connectivity index (χ2n) is 3.59. The van der Waals surface area contributed by atoms with Crippen molar-refractivity contribution in [1.82, 2.24) is 4.72 Å². The van der Waals surface area contributed by atoms with Crippen LogP contribution in [0.5, 0.6) is 0 Å². The summed E-state index contributed by atoms with van der Waals surface area (Å²) >= 11 is 0. The highest BCUT2D eigenvalue weighted by Crippen LogP contribution is 2.14. The third-order valence-electron chi connectivity index (χ3n) is 2.07. The van der Waals surface area contributed by atoms with E-state index in [0.717, 1.165) is 0 Å². The van der Waals surface area contributed by atoms with Gasteiger partial charge in [0.2, 0.25) is 10.0 Å². The topological polar surface area (TPSA) is 79.2 Å². The van der Waals surface area contributed by atoms with Crippen LogP contribution in [0.2, 0.25) is 0 Å². The molecule has 0 aromatic heterocycles. The molecule has 0 fully saturated rings. The number of nitrogens with zero attached hydrogens (tertiary/aromatic N) is 1. The highest BCUT2D eigenvalue weighted by molar-refractivity contribution is 7.89. The van der Waals surface area contributed by atoms with Crippen molar-refractivity contribution in [2.45, 2.75) is 17.9 Å². The van der Waals surface area contributed by atoms with E-state index in [1.165, 1.54) is 19.2 Å². The van der Waals surface area contributed by atoms with Gasteiger partial charge in [0.15, 0.2) is 0 Å². The molecule has 1 rings (SSSR count). The quantitative estimate of drug-likeness (QED) is 0.845. The van der Waals surface area contributed by atoms with Crippen LogP contribution in [-0.2, 0) is 14.8 Å². The summed E-state index contributed by atoms with van der Waals surface area (Å²) in [6.07, 6.45) is 0. The maximum absolute atomic E-state index is 12.0. The lowest BCUT2D eigenvalue weighted by atomic mass is 10.2. The Labute approximate surface area is 101 Å². The van der Waals surface area contributed by atoms with Gasteiger partial charge in [-0.1, -0.05) is 12.1 Å². The minimum Gasteiger partial charge on any atom is -0.383 e. The summed E-state index contributed by atoms with van der Waals surface area (Å²) in [6.45, 7) is 1.96. The Balaban J connectivity index is 3.02. The molecule has 0 unspecified atom stereocenters. The molecule has 0 heterocycles. The Kier molecular flexibility index (Phi) is 4.63. The molecule has 1 N–H and O–H groups in total. The molecule has 17 heavy (non-hydrogen) atoms. The van der Waals surface area contributed by atoms with Crippen LogP contribution in [0, 0.1) is 11.3 Å². The molecule has 0 radical (unpaired) electrons. The van der Waals surface area contributed by atoms with Crippen molar-refractivity contribution in [3.8, 4) is 6.07 Å². The molecule has 0 spiro atoms.